The summed E-state index contributed by atoms with van der Waals surface area (Å²) >= 11 is 1.61. The second kappa shape index (κ2) is 10.4. The molecule has 0 N–H and O–H groups in total. The molecule has 33 heavy (non-hydrogen) atoms. The van der Waals surface area contributed by atoms with Gasteiger partial charge in [-0.05, 0) is 37.3 Å². The Morgan fingerprint density at radius 2 is 1.97 bits per heavy atom. The Morgan fingerprint density at radius 3 is 2.70 bits per heavy atom. The summed E-state index contributed by atoms with van der Waals surface area (Å²) in [6.45, 7) is 6.18. The third kappa shape index (κ3) is 5.39. The van der Waals surface area contributed by atoms with Crippen molar-refractivity contribution in [1.29, 1.82) is 0 Å². The molecule has 2 fully saturated rings. The average molecular weight is 468 g/mol. The third-order valence-electron chi connectivity index (χ3n) is 6.48. The molecule has 1 amide bonds. The summed E-state index contributed by atoms with van der Waals surface area (Å²) in [6, 6.07) is 3.99. The van der Waals surface area contributed by atoms with Gasteiger partial charge in [0.15, 0.2) is 0 Å². The highest BCUT2D eigenvalue weighted by molar-refractivity contribution is 7.13. The number of thiophene rings is 1. The molecule has 0 aliphatic carbocycles. The average Bonchev–Trinajstić information content (AvgIpc) is 3.57. The van der Waals surface area contributed by atoms with E-state index >= 15 is 0 Å². The normalized spacial score (nSPS) is 18.1. The van der Waals surface area contributed by atoms with Crippen LogP contribution in [-0.4, -0.2) is 81.6 Å². The molecule has 0 saturated carbocycles. The molecule has 174 valence electrons. The van der Waals surface area contributed by atoms with E-state index in [2.05, 4.69) is 34.8 Å². The van der Waals surface area contributed by atoms with E-state index in [0.29, 0.717) is 17.6 Å². The summed E-state index contributed by atoms with van der Waals surface area (Å²) in [5.41, 5.74) is 0. The number of aromatic nitrogens is 4. The van der Waals surface area contributed by atoms with E-state index in [9.17, 15) is 4.79 Å². The van der Waals surface area contributed by atoms with Gasteiger partial charge in [-0.3, -0.25) is 14.7 Å². The fourth-order valence-electron chi connectivity index (χ4n) is 4.58. The Bertz CT molecular complexity index is 1010. The van der Waals surface area contributed by atoms with Gasteiger partial charge in [-0.2, -0.15) is 4.98 Å². The number of piperazine rings is 1. The van der Waals surface area contributed by atoms with Gasteiger partial charge in [0.2, 0.25) is 17.6 Å². The molecular formula is C23H29N7O2S. The summed E-state index contributed by atoms with van der Waals surface area (Å²) in [5, 5.41) is 6.09. The maximum atomic E-state index is 13.0. The number of carbonyl (C=O) groups is 1. The number of nitrogens with zero attached hydrogens (tertiary/aromatic N) is 7. The molecule has 3 aromatic heterocycles. The van der Waals surface area contributed by atoms with E-state index in [-0.39, 0.29) is 5.92 Å². The molecule has 2 aliphatic rings. The number of rotatable bonds is 7. The van der Waals surface area contributed by atoms with Crippen molar-refractivity contribution >= 4 is 23.1 Å². The highest BCUT2D eigenvalue weighted by Crippen LogP contribution is 2.24. The summed E-state index contributed by atoms with van der Waals surface area (Å²) in [7, 11) is 0. The van der Waals surface area contributed by atoms with Crippen LogP contribution in [0.5, 0.6) is 0 Å². The van der Waals surface area contributed by atoms with Gasteiger partial charge in [-0.25, -0.2) is 4.98 Å². The second-order valence-electron chi connectivity index (χ2n) is 8.58. The number of carbonyl (C=O) groups excluding carboxylic acids is 1. The SMILES string of the molecule is O=C(C1CCN(c2cnccn2)CC1)N1CCN(CCCc2nc(-c3cccs3)no2)CC1. The number of amides is 1. The van der Waals surface area contributed by atoms with Crippen LogP contribution in [0.2, 0.25) is 0 Å². The number of piperidine rings is 1. The van der Waals surface area contributed by atoms with Crippen molar-refractivity contribution in [2.75, 3.05) is 50.7 Å². The molecule has 2 saturated heterocycles. The lowest BCUT2D eigenvalue weighted by Crippen LogP contribution is -2.51. The Labute approximate surface area is 197 Å². The van der Waals surface area contributed by atoms with Crippen LogP contribution in [0.1, 0.15) is 25.2 Å². The summed E-state index contributed by atoms with van der Waals surface area (Å²) in [6.07, 6.45) is 8.72. The lowest BCUT2D eigenvalue weighted by Gasteiger charge is -2.38. The Hall–Kier alpha value is -2.85. The van der Waals surface area contributed by atoms with E-state index in [1.807, 2.05) is 17.5 Å². The molecule has 0 spiro atoms. The van der Waals surface area contributed by atoms with Crippen molar-refractivity contribution < 1.29 is 9.32 Å². The number of hydrogen-bond donors (Lipinski definition) is 0. The minimum absolute atomic E-state index is 0.125. The maximum absolute atomic E-state index is 13.0. The molecule has 0 radical (unpaired) electrons. The Balaban J connectivity index is 1.01. The first kappa shape index (κ1) is 22.0. The van der Waals surface area contributed by atoms with Gasteiger partial charge in [0.05, 0.1) is 11.1 Å². The van der Waals surface area contributed by atoms with Crippen molar-refractivity contribution in [2.45, 2.75) is 25.7 Å². The van der Waals surface area contributed by atoms with Crippen molar-refractivity contribution in [3.8, 4) is 10.7 Å². The van der Waals surface area contributed by atoms with Crippen molar-refractivity contribution in [1.82, 2.24) is 29.9 Å². The molecule has 5 heterocycles. The fourth-order valence-corrected chi connectivity index (χ4v) is 5.23. The highest BCUT2D eigenvalue weighted by atomic mass is 32.1. The Morgan fingerprint density at radius 1 is 1.12 bits per heavy atom. The zero-order valence-electron chi connectivity index (χ0n) is 18.7. The molecule has 0 bridgehead atoms. The minimum Gasteiger partial charge on any atom is -0.355 e. The number of hydrogen-bond acceptors (Lipinski definition) is 9. The number of anilines is 1. The molecular weight excluding hydrogens is 438 g/mol. The highest BCUT2D eigenvalue weighted by Gasteiger charge is 2.30. The van der Waals surface area contributed by atoms with Crippen LogP contribution in [0, 0.1) is 5.92 Å². The number of aryl methyl sites for hydroxylation is 1. The third-order valence-corrected chi connectivity index (χ3v) is 7.34. The van der Waals surface area contributed by atoms with Crippen LogP contribution >= 0.6 is 11.3 Å². The van der Waals surface area contributed by atoms with Crippen LogP contribution in [0.3, 0.4) is 0 Å². The summed E-state index contributed by atoms with van der Waals surface area (Å²) in [4.78, 5) is 33.8. The van der Waals surface area contributed by atoms with E-state index < -0.39 is 0 Å². The summed E-state index contributed by atoms with van der Waals surface area (Å²) in [5.74, 6) is 2.72. The van der Waals surface area contributed by atoms with E-state index in [4.69, 9.17) is 4.52 Å². The topological polar surface area (TPSA) is 91.5 Å². The molecule has 9 nitrogen and oxygen atoms in total. The largest absolute Gasteiger partial charge is 0.355 e. The zero-order valence-corrected chi connectivity index (χ0v) is 19.5. The first-order valence-corrected chi connectivity index (χ1v) is 12.5. The van der Waals surface area contributed by atoms with Gasteiger partial charge in [0, 0.05) is 64.0 Å². The molecule has 10 heteroatoms. The maximum Gasteiger partial charge on any atom is 0.227 e. The lowest BCUT2D eigenvalue weighted by atomic mass is 9.95. The van der Waals surface area contributed by atoms with Gasteiger partial charge in [-0.1, -0.05) is 11.2 Å². The Kier molecular flexibility index (Phi) is 6.92. The predicted octanol–water partition coefficient (Wildman–Crippen LogP) is 2.58. The fraction of sp³-hybridized carbons (Fsp3) is 0.522. The van der Waals surface area contributed by atoms with E-state index in [0.717, 1.165) is 82.2 Å². The van der Waals surface area contributed by atoms with Gasteiger partial charge < -0.3 is 14.3 Å². The van der Waals surface area contributed by atoms with Gasteiger partial charge >= 0.3 is 0 Å². The zero-order chi connectivity index (χ0) is 22.5. The molecule has 3 aromatic rings. The molecule has 0 aromatic carbocycles. The summed E-state index contributed by atoms with van der Waals surface area (Å²) < 4.78 is 5.39. The first-order valence-electron chi connectivity index (χ1n) is 11.6. The molecule has 0 atom stereocenters. The van der Waals surface area contributed by atoms with E-state index in [1.165, 1.54) is 0 Å². The minimum atomic E-state index is 0.125. The smallest absolute Gasteiger partial charge is 0.227 e. The molecule has 5 rings (SSSR count). The molecule has 2 aliphatic heterocycles. The van der Waals surface area contributed by atoms with Crippen molar-refractivity contribution in [2.24, 2.45) is 5.92 Å². The lowest BCUT2D eigenvalue weighted by molar-refractivity contribution is -0.138. The van der Waals surface area contributed by atoms with Gasteiger partial charge in [0.1, 0.15) is 5.82 Å². The molecule has 0 unspecified atom stereocenters. The van der Waals surface area contributed by atoms with E-state index in [1.54, 1.807) is 29.9 Å². The standard InChI is InChI=1S/C23H29N7O2S/c31-23(18-5-10-29(11-6-18)20-17-24-7-8-25-20)30-14-12-28(13-15-30)9-1-4-21-26-22(27-32-21)19-3-2-16-33-19/h2-3,7-8,16-18H,1,4-6,9-15H2. The predicted molar refractivity (Wildman–Crippen MR) is 126 cm³/mol. The van der Waals surface area contributed by atoms with Crippen molar-refractivity contribution in [3.05, 3.63) is 42.0 Å². The monoisotopic (exact) mass is 467 g/mol. The van der Waals surface area contributed by atoms with Gasteiger partial charge in [0.25, 0.3) is 0 Å². The quantitative estimate of drug-likeness (QED) is 0.524. The first-order chi connectivity index (χ1) is 16.3. The van der Waals surface area contributed by atoms with Crippen LogP contribution in [-0.2, 0) is 11.2 Å². The second-order valence-corrected chi connectivity index (χ2v) is 9.53. The van der Waals surface area contributed by atoms with Crippen LogP contribution < -0.4 is 4.90 Å². The van der Waals surface area contributed by atoms with Crippen LogP contribution in [0.4, 0.5) is 5.82 Å². The van der Waals surface area contributed by atoms with Crippen LogP contribution in [0.25, 0.3) is 10.7 Å². The van der Waals surface area contributed by atoms with Gasteiger partial charge in [-0.15, -0.1) is 11.3 Å². The van der Waals surface area contributed by atoms with Crippen molar-refractivity contribution in [3.63, 3.8) is 0 Å². The van der Waals surface area contributed by atoms with Crippen LogP contribution in [0.15, 0.2) is 40.6 Å².